The predicted molar refractivity (Wildman–Crippen MR) is 249 cm³/mol. The molecule has 73 heavy (non-hydrogen) atoms. The molecule has 12 N–H and O–H groups in total. The highest BCUT2D eigenvalue weighted by atomic mass is 16.8. The molecule has 8 aliphatic rings. The molecule has 22 heteroatoms. The van der Waals surface area contributed by atoms with Crippen molar-refractivity contribution in [1.29, 1.82) is 0 Å². The molecule has 22 nitrogen and oxygen atoms in total. The molecule has 4 saturated heterocycles. The first-order valence-corrected chi connectivity index (χ1v) is 26.4. The summed E-state index contributed by atoms with van der Waals surface area (Å²) >= 11 is 0. The van der Waals surface area contributed by atoms with Gasteiger partial charge in [0.1, 0.15) is 97.0 Å². The number of carbonyl (C=O) groups excluding carboxylic acids is 2. The lowest BCUT2D eigenvalue weighted by Gasteiger charge is -2.58. The average molecular weight is 1050 g/mol. The van der Waals surface area contributed by atoms with Crippen LogP contribution < -0.4 is 0 Å². The molecule has 1 unspecified atom stereocenters. The molecule has 418 valence electrons. The fourth-order valence-electron chi connectivity index (χ4n) is 14.0. The van der Waals surface area contributed by atoms with Crippen LogP contribution in [0.5, 0.6) is 0 Å². The van der Waals surface area contributed by atoms with Gasteiger partial charge >= 0.3 is 0 Å². The molecule has 4 aliphatic heterocycles. The van der Waals surface area contributed by atoms with Crippen LogP contribution >= 0.6 is 0 Å². The van der Waals surface area contributed by atoms with E-state index in [-0.39, 0.29) is 59.1 Å². The maximum absolute atomic E-state index is 14.1. The van der Waals surface area contributed by atoms with Crippen LogP contribution in [0.25, 0.3) is 0 Å². The lowest BCUT2D eigenvalue weighted by Crippen LogP contribution is -2.66. The van der Waals surface area contributed by atoms with E-state index < -0.39 is 154 Å². The van der Waals surface area contributed by atoms with Crippen molar-refractivity contribution in [2.75, 3.05) is 19.8 Å². The molecule has 4 heterocycles. The smallest absolute Gasteiger partial charge is 0.187 e. The fraction of sp³-hybridized carbons (Fsp3) is 0.922. The zero-order valence-electron chi connectivity index (χ0n) is 42.6. The van der Waals surface area contributed by atoms with Crippen LogP contribution in [-0.4, -0.2) is 222 Å². The van der Waals surface area contributed by atoms with Crippen molar-refractivity contribution < 1.29 is 109 Å². The van der Waals surface area contributed by atoms with Crippen LogP contribution in [-0.2, 0) is 47.5 Å². The van der Waals surface area contributed by atoms with Gasteiger partial charge in [-0.05, 0) is 93.3 Å². The van der Waals surface area contributed by atoms with Gasteiger partial charge in [0.05, 0.1) is 38.1 Å². The fourth-order valence-corrected chi connectivity index (χ4v) is 14.0. The van der Waals surface area contributed by atoms with Crippen molar-refractivity contribution in [2.24, 2.45) is 46.3 Å². The summed E-state index contributed by atoms with van der Waals surface area (Å²) in [5.41, 5.74) is 0.569. The van der Waals surface area contributed by atoms with Gasteiger partial charge in [-0.25, -0.2) is 0 Å². The van der Waals surface area contributed by atoms with Crippen molar-refractivity contribution in [3.8, 4) is 0 Å². The largest absolute Gasteiger partial charge is 0.394 e. The molecule has 29 atom stereocenters. The zero-order chi connectivity index (χ0) is 53.2. The van der Waals surface area contributed by atoms with Gasteiger partial charge in [0.2, 0.25) is 0 Å². The third-order valence-electron chi connectivity index (χ3n) is 18.6. The number of aliphatic hydroxyl groups is 12. The Bertz CT molecular complexity index is 1930. The van der Waals surface area contributed by atoms with Crippen LogP contribution in [0.3, 0.4) is 0 Å². The van der Waals surface area contributed by atoms with Crippen molar-refractivity contribution in [3.05, 3.63) is 11.6 Å². The van der Waals surface area contributed by atoms with Crippen LogP contribution in [0.15, 0.2) is 11.6 Å². The van der Waals surface area contributed by atoms with E-state index in [1.807, 2.05) is 13.8 Å². The summed E-state index contributed by atoms with van der Waals surface area (Å²) in [6, 6.07) is 0. The number of ether oxygens (including phenoxy) is 8. The van der Waals surface area contributed by atoms with Crippen LogP contribution in [0.1, 0.15) is 99.3 Å². The second-order valence-corrected chi connectivity index (χ2v) is 23.2. The van der Waals surface area contributed by atoms with Gasteiger partial charge in [0, 0.05) is 24.7 Å². The summed E-state index contributed by atoms with van der Waals surface area (Å²) < 4.78 is 47.6. The number of aliphatic hydroxyl groups excluding tert-OH is 12. The Labute approximate surface area is 425 Å². The van der Waals surface area contributed by atoms with Gasteiger partial charge in [0.25, 0.3) is 0 Å². The topological polar surface area (TPSA) is 351 Å². The minimum absolute atomic E-state index is 0.00532. The summed E-state index contributed by atoms with van der Waals surface area (Å²) in [6.45, 7) is 9.94. The van der Waals surface area contributed by atoms with Gasteiger partial charge in [-0.1, -0.05) is 39.3 Å². The van der Waals surface area contributed by atoms with Crippen molar-refractivity contribution in [2.45, 2.75) is 228 Å². The van der Waals surface area contributed by atoms with E-state index in [1.165, 1.54) is 19.4 Å². The third-order valence-corrected chi connectivity index (χ3v) is 18.6. The highest BCUT2D eigenvalue weighted by Crippen LogP contribution is 2.66. The van der Waals surface area contributed by atoms with E-state index in [0.29, 0.717) is 32.1 Å². The Hall–Kier alpha value is -1.72. The van der Waals surface area contributed by atoms with E-state index in [0.717, 1.165) is 19.3 Å². The van der Waals surface area contributed by atoms with Crippen molar-refractivity contribution >= 4 is 11.6 Å². The molecule has 0 amide bonds. The van der Waals surface area contributed by atoms with E-state index in [2.05, 4.69) is 19.9 Å². The first kappa shape index (κ1) is 57.5. The molecule has 0 aromatic heterocycles. The number of allylic oxidation sites excluding steroid dienone is 1. The Balaban J connectivity index is 0.916. The maximum Gasteiger partial charge on any atom is 0.187 e. The van der Waals surface area contributed by atoms with Gasteiger partial charge in [-0.3, -0.25) is 9.59 Å². The molecule has 0 spiro atoms. The molecule has 8 rings (SSSR count). The molecule has 0 aromatic carbocycles. The first-order chi connectivity index (χ1) is 34.4. The molecule has 3 saturated carbocycles. The number of hydrogen-bond donors (Lipinski definition) is 12. The summed E-state index contributed by atoms with van der Waals surface area (Å²) in [7, 11) is 0. The highest BCUT2D eigenvalue weighted by Gasteiger charge is 2.63. The minimum atomic E-state index is -1.77. The summed E-state index contributed by atoms with van der Waals surface area (Å²) in [4.78, 5) is 28.0. The molecule has 7 fully saturated rings. The third kappa shape index (κ3) is 10.9. The first-order valence-electron chi connectivity index (χ1n) is 26.4. The summed E-state index contributed by atoms with van der Waals surface area (Å²) in [5, 5.41) is 126. The normalized spacial score (nSPS) is 51.1. The van der Waals surface area contributed by atoms with Gasteiger partial charge < -0.3 is 99.2 Å². The summed E-state index contributed by atoms with van der Waals surface area (Å²) in [6.07, 6.45) is -22.4. The Morgan fingerprint density at radius 3 is 1.85 bits per heavy atom. The SMILES string of the molecule is CC(CCC(=O)[C@@H](C)[C@H]1C(=O)C[C@H]2[C@@H]3CC=C4C[C@@H](O[C@@H]5O[C@H](CO)[C@@H](O[C@@H]6O[C@@H](C)[C@H](O)[C@@H](O)[C@H]6O)[C@H](O)[C@H]5O[C@@H]5O[C@@H](C)[C@H](O)[C@@H](O)[C@H]5O)CC[C@]4(C)[C@H]3CC[C@]12C)CO[C@@H]1O[C@H](CO)[C@@H](O)[C@H](O)[C@H]1O. The van der Waals surface area contributed by atoms with E-state index in [1.54, 1.807) is 0 Å². The Kier molecular flexibility index (Phi) is 18.0. The second-order valence-electron chi connectivity index (χ2n) is 23.2. The number of rotatable bonds is 16. The maximum atomic E-state index is 14.1. The average Bonchev–Trinajstić information content (AvgIpc) is 3.64. The Morgan fingerprint density at radius 1 is 0.658 bits per heavy atom. The molecule has 0 bridgehead atoms. The molecule has 0 aromatic rings. The number of fused-ring (bicyclic) bond motifs is 5. The quantitative estimate of drug-likeness (QED) is 0.0749. The Morgan fingerprint density at radius 2 is 1.23 bits per heavy atom. The van der Waals surface area contributed by atoms with Crippen molar-refractivity contribution in [1.82, 2.24) is 0 Å². The van der Waals surface area contributed by atoms with Crippen LogP contribution in [0.2, 0.25) is 0 Å². The number of Topliss-reactive ketones (excluding diaryl/α,β-unsaturated/α-hetero) is 2. The zero-order valence-corrected chi connectivity index (χ0v) is 42.6. The lowest BCUT2D eigenvalue weighted by molar-refractivity contribution is -0.388. The van der Waals surface area contributed by atoms with E-state index >= 15 is 0 Å². The number of ketones is 2. The minimum Gasteiger partial charge on any atom is -0.394 e. The molecular weight excluding hydrogens is 965 g/mol. The number of carbonyl (C=O) groups is 2. The standard InChI is InChI=1S/C51H82O22/c1-20(19-66-46-40(62)39(61)36(58)31(17-52)70-46)7-10-29(54)21(2)33-30(55)16-28-26-9-8-24-15-25(11-13-50(24,5)27(26)12-14-51(28,33)6)69-49-45(73-48-42(64)38(60)35(57)23(4)68-48)43(65)44(32(18-53)71-49)72-47-41(63)37(59)34(56)22(3)67-47/h8,20-23,25-28,31-49,52-53,56-65H,7,9-19H2,1-6H3/t20?,21-,22+,23+,25+,26-,27+,28+,31-,32-,33+,34+,35+,36-,37-,38-,39+,40-,41-,42-,43+,44-,45-,46-,47+,48+,49-,50+,51+/m1/s1. The van der Waals surface area contributed by atoms with Crippen molar-refractivity contribution in [3.63, 3.8) is 0 Å². The highest BCUT2D eigenvalue weighted by molar-refractivity contribution is 5.92. The monoisotopic (exact) mass is 1050 g/mol. The molecule has 0 radical (unpaired) electrons. The van der Waals surface area contributed by atoms with E-state index in [9.17, 15) is 70.9 Å². The second kappa shape index (κ2) is 22.9. The summed E-state index contributed by atoms with van der Waals surface area (Å²) in [5.74, 6) is -0.436. The molecule has 4 aliphatic carbocycles. The van der Waals surface area contributed by atoms with Crippen LogP contribution in [0.4, 0.5) is 0 Å². The predicted octanol–water partition coefficient (Wildman–Crippen LogP) is -1.93. The number of hydrogen-bond acceptors (Lipinski definition) is 22. The molecular formula is C51H82O22. The van der Waals surface area contributed by atoms with Gasteiger partial charge in [0.15, 0.2) is 25.2 Å². The van der Waals surface area contributed by atoms with Gasteiger partial charge in [-0.15, -0.1) is 0 Å². The van der Waals surface area contributed by atoms with E-state index in [4.69, 9.17) is 37.9 Å². The lowest BCUT2D eigenvalue weighted by atomic mass is 9.47. The van der Waals surface area contributed by atoms with Crippen LogP contribution in [0, 0.1) is 46.3 Å². The van der Waals surface area contributed by atoms with Gasteiger partial charge in [-0.2, -0.15) is 0 Å².